The Hall–Kier alpha value is -1.92. The predicted molar refractivity (Wildman–Crippen MR) is 56.4 cm³/mol. The van der Waals surface area contributed by atoms with E-state index in [1.54, 1.807) is 0 Å². The summed E-state index contributed by atoms with van der Waals surface area (Å²) in [5, 5.41) is 0. The topological polar surface area (TPSA) is 43.4 Å². The zero-order chi connectivity index (χ0) is 14.7. The van der Waals surface area contributed by atoms with Crippen LogP contribution in [0.15, 0.2) is 0 Å². The highest BCUT2D eigenvalue weighted by atomic mass is 19.2. The van der Waals surface area contributed by atoms with Crippen molar-refractivity contribution >= 4 is 11.8 Å². The fourth-order valence-electron chi connectivity index (χ4n) is 1.44. The van der Waals surface area contributed by atoms with Gasteiger partial charge in [0, 0.05) is 12.0 Å². The number of benzene rings is 1. The lowest BCUT2D eigenvalue weighted by Gasteiger charge is -2.09. The van der Waals surface area contributed by atoms with Gasteiger partial charge in [-0.2, -0.15) is 0 Å². The number of esters is 1. The second kappa shape index (κ2) is 5.81. The van der Waals surface area contributed by atoms with Gasteiger partial charge in [0.05, 0.1) is 6.61 Å². The minimum Gasteiger partial charge on any atom is -0.460 e. The van der Waals surface area contributed by atoms with Gasteiger partial charge < -0.3 is 4.74 Å². The fourth-order valence-corrected chi connectivity index (χ4v) is 1.44. The van der Waals surface area contributed by atoms with Crippen LogP contribution in [0, 0.1) is 30.2 Å². The molecule has 104 valence electrons. The molecule has 3 nitrogen and oxygen atoms in total. The van der Waals surface area contributed by atoms with E-state index in [1.807, 2.05) is 0 Å². The maximum absolute atomic E-state index is 13.4. The standard InChI is InChI=1S/C12H10F4O3/c1-3-19-12(18)7(17)4-6-5(2)8(13)10(15)11(16)9(6)14/h3-4H2,1-2H3. The van der Waals surface area contributed by atoms with Crippen LogP contribution in [-0.2, 0) is 20.7 Å². The summed E-state index contributed by atoms with van der Waals surface area (Å²) in [7, 11) is 0. The molecule has 0 saturated carbocycles. The molecule has 7 heteroatoms. The van der Waals surface area contributed by atoms with Crippen molar-refractivity contribution in [3.8, 4) is 0 Å². The Kier molecular flexibility index (Phi) is 4.63. The molecular weight excluding hydrogens is 268 g/mol. The summed E-state index contributed by atoms with van der Waals surface area (Å²) in [6, 6.07) is 0. The SMILES string of the molecule is CCOC(=O)C(=O)Cc1c(C)c(F)c(F)c(F)c1F. The minimum atomic E-state index is -2.02. The maximum atomic E-state index is 13.4. The Balaban J connectivity index is 3.16. The third-order valence-electron chi connectivity index (χ3n) is 2.47. The molecule has 0 atom stereocenters. The number of Topliss-reactive ketones (excluding diaryl/α,β-unsaturated/α-hetero) is 1. The van der Waals surface area contributed by atoms with Crippen LogP contribution >= 0.6 is 0 Å². The molecule has 0 aliphatic rings. The summed E-state index contributed by atoms with van der Waals surface area (Å²) in [5.41, 5.74) is -1.26. The van der Waals surface area contributed by atoms with E-state index in [4.69, 9.17) is 0 Å². The number of carbonyl (C=O) groups is 2. The zero-order valence-electron chi connectivity index (χ0n) is 10.2. The third kappa shape index (κ3) is 2.91. The van der Waals surface area contributed by atoms with Crippen molar-refractivity contribution in [1.82, 2.24) is 0 Å². The third-order valence-corrected chi connectivity index (χ3v) is 2.47. The molecule has 0 radical (unpaired) electrons. The molecule has 19 heavy (non-hydrogen) atoms. The first-order valence-corrected chi connectivity index (χ1v) is 5.32. The van der Waals surface area contributed by atoms with Crippen molar-refractivity contribution in [1.29, 1.82) is 0 Å². The second-order valence-electron chi connectivity index (χ2n) is 3.68. The lowest BCUT2D eigenvalue weighted by Crippen LogP contribution is -2.21. The molecule has 0 spiro atoms. The van der Waals surface area contributed by atoms with Gasteiger partial charge in [-0.3, -0.25) is 4.79 Å². The highest BCUT2D eigenvalue weighted by Gasteiger charge is 2.26. The molecule has 0 bridgehead atoms. The molecule has 0 heterocycles. The fraction of sp³-hybridized carbons (Fsp3) is 0.333. The van der Waals surface area contributed by atoms with E-state index in [-0.39, 0.29) is 6.61 Å². The quantitative estimate of drug-likeness (QED) is 0.279. The summed E-state index contributed by atoms with van der Waals surface area (Å²) in [4.78, 5) is 22.4. The largest absolute Gasteiger partial charge is 0.460 e. The zero-order valence-corrected chi connectivity index (χ0v) is 10.2. The summed E-state index contributed by atoms with van der Waals surface area (Å²) in [6.07, 6.45) is -0.898. The highest BCUT2D eigenvalue weighted by molar-refractivity contribution is 6.34. The summed E-state index contributed by atoms with van der Waals surface area (Å²) < 4.78 is 56.9. The Morgan fingerprint density at radius 2 is 1.53 bits per heavy atom. The molecule has 0 amide bonds. The van der Waals surface area contributed by atoms with E-state index in [0.29, 0.717) is 0 Å². The van der Waals surface area contributed by atoms with Gasteiger partial charge in [-0.1, -0.05) is 0 Å². The molecule has 1 rings (SSSR count). The van der Waals surface area contributed by atoms with Crippen molar-refractivity contribution < 1.29 is 31.9 Å². The van der Waals surface area contributed by atoms with Crippen molar-refractivity contribution in [2.24, 2.45) is 0 Å². The molecule has 0 fully saturated rings. The monoisotopic (exact) mass is 278 g/mol. The van der Waals surface area contributed by atoms with E-state index < -0.39 is 52.6 Å². The van der Waals surface area contributed by atoms with Crippen molar-refractivity contribution in [3.63, 3.8) is 0 Å². The molecule has 0 saturated heterocycles. The van der Waals surface area contributed by atoms with E-state index in [0.717, 1.165) is 6.92 Å². The number of ketones is 1. The molecule has 0 aliphatic heterocycles. The first kappa shape index (κ1) is 15.1. The smallest absolute Gasteiger partial charge is 0.374 e. The van der Waals surface area contributed by atoms with Gasteiger partial charge in [0.25, 0.3) is 0 Å². The average molecular weight is 278 g/mol. The van der Waals surface area contributed by atoms with Crippen molar-refractivity contribution in [3.05, 3.63) is 34.4 Å². The number of hydrogen-bond acceptors (Lipinski definition) is 3. The lowest BCUT2D eigenvalue weighted by atomic mass is 10.0. The van der Waals surface area contributed by atoms with Crippen LogP contribution in [0.2, 0.25) is 0 Å². The molecule has 1 aromatic carbocycles. The van der Waals surface area contributed by atoms with Crippen molar-refractivity contribution in [2.75, 3.05) is 6.61 Å². The Morgan fingerprint density at radius 1 is 1.00 bits per heavy atom. The molecule has 1 aromatic rings. The first-order valence-electron chi connectivity index (χ1n) is 5.32. The van der Waals surface area contributed by atoms with Crippen LogP contribution in [0.5, 0.6) is 0 Å². The molecule has 0 aliphatic carbocycles. The van der Waals surface area contributed by atoms with Crippen LogP contribution in [0.3, 0.4) is 0 Å². The maximum Gasteiger partial charge on any atom is 0.374 e. The molecule has 0 aromatic heterocycles. The number of ether oxygens (including phenoxy) is 1. The average Bonchev–Trinajstić information content (AvgIpc) is 2.39. The number of carbonyl (C=O) groups excluding carboxylic acids is 2. The molecule has 0 unspecified atom stereocenters. The van der Waals surface area contributed by atoms with Crippen LogP contribution in [-0.4, -0.2) is 18.4 Å². The normalized spacial score (nSPS) is 10.4. The van der Waals surface area contributed by atoms with E-state index in [9.17, 15) is 27.2 Å². The number of hydrogen-bond donors (Lipinski definition) is 0. The Bertz CT molecular complexity index is 511. The second-order valence-corrected chi connectivity index (χ2v) is 3.68. The van der Waals surface area contributed by atoms with Crippen LogP contribution in [0.4, 0.5) is 17.6 Å². The lowest BCUT2D eigenvalue weighted by molar-refractivity contribution is -0.153. The molecule has 0 N–H and O–H groups in total. The van der Waals surface area contributed by atoms with Crippen LogP contribution in [0.25, 0.3) is 0 Å². The van der Waals surface area contributed by atoms with E-state index in [1.165, 1.54) is 6.92 Å². The minimum absolute atomic E-state index is 0.0713. The van der Waals surface area contributed by atoms with Crippen LogP contribution < -0.4 is 0 Å². The first-order chi connectivity index (χ1) is 8.81. The Morgan fingerprint density at radius 3 is 2.05 bits per heavy atom. The van der Waals surface area contributed by atoms with Crippen LogP contribution in [0.1, 0.15) is 18.1 Å². The highest BCUT2D eigenvalue weighted by Crippen LogP contribution is 2.24. The van der Waals surface area contributed by atoms with Gasteiger partial charge in [0.2, 0.25) is 5.78 Å². The van der Waals surface area contributed by atoms with Gasteiger partial charge in [-0.05, 0) is 19.4 Å². The van der Waals surface area contributed by atoms with E-state index in [2.05, 4.69) is 4.74 Å². The number of rotatable bonds is 4. The van der Waals surface area contributed by atoms with Gasteiger partial charge in [-0.15, -0.1) is 0 Å². The van der Waals surface area contributed by atoms with Gasteiger partial charge in [0.1, 0.15) is 0 Å². The number of halogens is 4. The van der Waals surface area contributed by atoms with E-state index >= 15 is 0 Å². The van der Waals surface area contributed by atoms with Gasteiger partial charge in [0.15, 0.2) is 23.3 Å². The Labute approximate surface area is 106 Å². The van der Waals surface area contributed by atoms with Gasteiger partial charge >= 0.3 is 5.97 Å². The van der Waals surface area contributed by atoms with Gasteiger partial charge in [-0.25, -0.2) is 22.4 Å². The van der Waals surface area contributed by atoms with Crippen molar-refractivity contribution in [2.45, 2.75) is 20.3 Å². The summed E-state index contributed by atoms with van der Waals surface area (Å²) >= 11 is 0. The summed E-state index contributed by atoms with van der Waals surface area (Å²) in [6.45, 7) is 2.36. The molecular formula is C12H10F4O3. The predicted octanol–water partition coefficient (Wildman–Crippen LogP) is 2.23. The summed E-state index contributed by atoms with van der Waals surface area (Å²) in [5.74, 6) is -9.67.